The van der Waals surface area contributed by atoms with Crippen molar-refractivity contribution in [1.29, 1.82) is 0 Å². The van der Waals surface area contributed by atoms with Gasteiger partial charge in [0.15, 0.2) is 0 Å². The van der Waals surface area contributed by atoms with Gasteiger partial charge >= 0.3 is 0 Å². The fourth-order valence-electron chi connectivity index (χ4n) is 1.51. The Balaban J connectivity index is 1.88. The van der Waals surface area contributed by atoms with E-state index in [0.717, 1.165) is 28.1 Å². The van der Waals surface area contributed by atoms with E-state index in [-0.39, 0.29) is 0 Å². The summed E-state index contributed by atoms with van der Waals surface area (Å²) in [6, 6.07) is 9.88. The third kappa shape index (κ3) is 3.72. The summed E-state index contributed by atoms with van der Waals surface area (Å²) in [7, 11) is 0. The number of aromatic nitrogens is 1. The Morgan fingerprint density at radius 1 is 1.18 bits per heavy atom. The lowest BCUT2D eigenvalue weighted by atomic mass is 10.2. The molecule has 0 atom stereocenters. The van der Waals surface area contributed by atoms with Gasteiger partial charge in [-0.15, -0.1) is 0 Å². The van der Waals surface area contributed by atoms with Crippen LogP contribution in [-0.2, 0) is 6.42 Å². The number of halogens is 2. The first-order valence-corrected chi connectivity index (χ1v) is 6.50. The van der Waals surface area contributed by atoms with Gasteiger partial charge in [-0.2, -0.15) is 0 Å². The van der Waals surface area contributed by atoms with Crippen LogP contribution in [0.5, 0.6) is 0 Å². The second-order valence-corrected chi connectivity index (χ2v) is 4.92. The van der Waals surface area contributed by atoms with E-state index in [9.17, 15) is 0 Å². The highest BCUT2D eigenvalue weighted by molar-refractivity contribution is 9.10. The van der Waals surface area contributed by atoms with Crippen LogP contribution in [0, 0.1) is 0 Å². The van der Waals surface area contributed by atoms with E-state index in [4.69, 9.17) is 11.6 Å². The average Bonchev–Trinajstić information content (AvgIpc) is 2.35. The molecule has 0 unspecified atom stereocenters. The van der Waals surface area contributed by atoms with Crippen molar-refractivity contribution in [3.8, 4) is 0 Å². The smallest absolute Gasteiger partial charge is 0.0549 e. The van der Waals surface area contributed by atoms with E-state index in [2.05, 4.69) is 26.2 Å². The van der Waals surface area contributed by atoms with Gasteiger partial charge in [-0.05, 0) is 58.2 Å². The van der Waals surface area contributed by atoms with Crippen molar-refractivity contribution in [3.63, 3.8) is 0 Å². The molecule has 1 aromatic carbocycles. The number of hydrogen-bond acceptors (Lipinski definition) is 2. The summed E-state index contributed by atoms with van der Waals surface area (Å²) >= 11 is 9.33. The summed E-state index contributed by atoms with van der Waals surface area (Å²) in [6.07, 6.45) is 4.60. The van der Waals surface area contributed by atoms with Crippen LogP contribution >= 0.6 is 27.5 Å². The van der Waals surface area contributed by atoms with Crippen molar-refractivity contribution in [2.45, 2.75) is 6.42 Å². The maximum atomic E-state index is 5.93. The molecule has 4 heteroatoms. The first-order chi connectivity index (χ1) is 8.25. The highest BCUT2D eigenvalue weighted by atomic mass is 79.9. The van der Waals surface area contributed by atoms with Crippen molar-refractivity contribution in [2.75, 3.05) is 11.9 Å². The SMILES string of the molecule is Clc1ccc(NCCc2ccncc2)cc1Br. The van der Waals surface area contributed by atoms with Crippen molar-refractivity contribution in [2.24, 2.45) is 0 Å². The lowest BCUT2D eigenvalue weighted by Gasteiger charge is -2.07. The molecule has 2 nitrogen and oxygen atoms in total. The summed E-state index contributed by atoms with van der Waals surface area (Å²) in [4.78, 5) is 3.99. The zero-order valence-electron chi connectivity index (χ0n) is 9.16. The zero-order chi connectivity index (χ0) is 12.1. The Morgan fingerprint density at radius 3 is 2.65 bits per heavy atom. The number of benzene rings is 1. The number of nitrogens with one attached hydrogen (secondary N) is 1. The van der Waals surface area contributed by atoms with Crippen LogP contribution in [0.1, 0.15) is 5.56 Å². The minimum atomic E-state index is 0.727. The third-order valence-corrected chi connectivity index (χ3v) is 3.63. The van der Waals surface area contributed by atoms with Crippen LogP contribution in [0.3, 0.4) is 0 Å². The topological polar surface area (TPSA) is 24.9 Å². The molecule has 1 N–H and O–H groups in total. The minimum absolute atomic E-state index is 0.727. The molecule has 0 aliphatic rings. The summed E-state index contributed by atoms with van der Waals surface area (Å²) < 4.78 is 0.910. The second kappa shape index (κ2) is 6.03. The largest absolute Gasteiger partial charge is 0.385 e. The lowest BCUT2D eigenvalue weighted by Crippen LogP contribution is -2.04. The molecule has 17 heavy (non-hydrogen) atoms. The Hall–Kier alpha value is -1.06. The van der Waals surface area contributed by atoms with Gasteiger partial charge in [-0.25, -0.2) is 0 Å². The number of nitrogens with zero attached hydrogens (tertiary/aromatic N) is 1. The predicted octanol–water partition coefficient (Wildman–Crippen LogP) is 4.15. The fraction of sp³-hybridized carbons (Fsp3) is 0.154. The summed E-state index contributed by atoms with van der Waals surface area (Å²) in [6.45, 7) is 0.887. The molecule has 0 aliphatic carbocycles. The molecule has 1 aromatic heterocycles. The Bertz CT molecular complexity index is 488. The summed E-state index contributed by atoms with van der Waals surface area (Å²) in [5.74, 6) is 0. The van der Waals surface area contributed by atoms with Crippen molar-refractivity contribution < 1.29 is 0 Å². The van der Waals surface area contributed by atoms with Crippen LogP contribution in [0.15, 0.2) is 47.2 Å². The predicted molar refractivity (Wildman–Crippen MR) is 75.6 cm³/mol. The lowest BCUT2D eigenvalue weighted by molar-refractivity contribution is 1.01. The van der Waals surface area contributed by atoms with E-state index < -0.39 is 0 Å². The van der Waals surface area contributed by atoms with Crippen LogP contribution < -0.4 is 5.32 Å². The molecule has 0 aliphatic heterocycles. The monoisotopic (exact) mass is 310 g/mol. The number of rotatable bonds is 4. The summed E-state index contributed by atoms with van der Waals surface area (Å²) in [5.41, 5.74) is 2.34. The highest BCUT2D eigenvalue weighted by Crippen LogP contribution is 2.25. The normalized spacial score (nSPS) is 10.2. The van der Waals surface area contributed by atoms with E-state index in [1.807, 2.05) is 42.7 Å². The van der Waals surface area contributed by atoms with Gasteiger partial charge < -0.3 is 5.32 Å². The molecule has 0 amide bonds. The van der Waals surface area contributed by atoms with E-state index in [1.165, 1.54) is 5.56 Å². The van der Waals surface area contributed by atoms with Crippen molar-refractivity contribution in [1.82, 2.24) is 4.98 Å². The second-order valence-electron chi connectivity index (χ2n) is 3.66. The van der Waals surface area contributed by atoms with Crippen LogP contribution in [-0.4, -0.2) is 11.5 Å². The van der Waals surface area contributed by atoms with Gasteiger partial charge in [0.1, 0.15) is 0 Å². The Morgan fingerprint density at radius 2 is 1.94 bits per heavy atom. The summed E-state index contributed by atoms with van der Waals surface area (Å²) in [5, 5.41) is 4.08. The molecular formula is C13H12BrClN2. The van der Waals surface area contributed by atoms with E-state index in [1.54, 1.807) is 0 Å². The first-order valence-electron chi connectivity index (χ1n) is 5.33. The molecule has 0 saturated carbocycles. The van der Waals surface area contributed by atoms with Crippen LogP contribution in [0.4, 0.5) is 5.69 Å². The third-order valence-electron chi connectivity index (χ3n) is 2.41. The van der Waals surface area contributed by atoms with Gasteiger partial charge in [0.25, 0.3) is 0 Å². The molecule has 2 rings (SSSR count). The molecule has 1 heterocycles. The van der Waals surface area contributed by atoms with Gasteiger partial charge in [0.2, 0.25) is 0 Å². The van der Waals surface area contributed by atoms with E-state index >= 15 is 0 Å². The molecule has 0 fully saturated rings. The number of anilines is 1. The number of hydrogen-bond donors (Lipinski definition) is 1. The average molecular weight is 312 g/mol. The van der Waals surface area contributed by atoms with E-state index in [0.29, 0.717) is 0 Å². The van der Waals surface area contributed by atoms with Crippen molar-refractivity contribution in [3.05, 3.63) is 57.8 Å². The minimum Gasteiger partial charge on any atom is -0.385 e. The molecule has 0 radical (unpaired) electrons. The molecule has 2 aromatic rings. The standard InChI is InChI=1S/C13H12BrClN2/c14-12-9-11(1-2-13(12)15)17-8-5-10-3-6-16-7-4-10/h1-4,6-7,9,17H,5,8H2. The molecule has 0 saturated heterocycles. The molecular weight excluding hydrogens is 300 g/mol. The Labute approximate surface area is 114 Å². The van der Waals surface area contributed by atoms with Gasteiger partial charge in [0.05, 0.1) is 5.02 Å². The zero-order valence-corrected chi connectivity index (χ0v) is 11.5. The Kier molecular flexibility index (Phi) is 4.40. The molecule has 88 valence electrons. The molecule has 0 bridgehead atoms. The molecule has 0 spiro atoms. The van der Waals surface area contributed by atoms with Crippen LogP contribution in [0.2, 0.25) is 5.02 Å². The first kappa shape index (κ1) is 12.4. The highest BCUT2D eigenvalue weighted by Gasteiger charge is 1.98. The fourth-order valence-corrected chi connectivity index (χ4v) is 2.00. The quantitative estimate of drug-likeness (QED) is 0.917. The van der Waals surface area contributed by atoms with Crippen LogP contribution in [0.25, 0.3) is 0 Å². The maximum Gasteiger partial charge on any atom is 0.0549 e. The van der Waals surface area contributed by atoms with Gasteiger partial charge in [-0.3, -0.25) is 4.98 Å². The number of pyridine rings is 1. The van der Waals surface area contributed by atoms with Gasteiger partial charge in [-0.1, -0.05) is 11.6 Å². The van der Waals surface area contributed by atoms with Crippen molar-refractivity contribution >= 4 is 33.2 Å². The maximum absolute atomic E-state index is 5.93. The van der Waals surface area contributed by atoms with Gasteiger partial charge in [0, 0.05) is 29.1 Å².